The van der Waals surface area contributed by atoms with Crippen molar-refractivity contribution >= 4 is 28.8 Å². The number of imidazole rings is 1. The van der Waals surface area contributed by atoms with E-state index in [0.717, 1.165) is 22.3 Å². The predicted molar refractivity (Wildman–Crippen MR) is 142 cm³/mol. The monoisotopic (exact) mass is 507 g/mol. The fraction of sp³-hybridized carbons (Fsp3) is 0.185. The molecule has 38 heavy (non-hydrogen) atoms. The highest BCUT2D eigenvalue weighted by Crippen LogP contribution is 2.24. The fourth-order valence-corrected chi connectivity index (χ4v) is 4.65. The van der Waals surface area contributed by atoms with E-state index in [1.165, 1.54) is 0 Å². The van der Waals surface area contributed by atoms with Gasteiger partial charge < -0.3 is 20.5 Å². The number of aromatic nitrogens is 6. The number of amides is 2. The van der Waals surface area contributed by atoms with Crippen LogP contribution in [0.1, 0.15) is 20.7 Å². The minimum absolute atomic E-state index is 0.0261. The molecule has 2 amide bonds. The maximum absolute atomic E-state index is 13.2. The fourth-order valence-electron chi connectivity index (χ4n) is 4.65. The summed E-state index contributed by atoms with van der Waals surface area (Å²) in [6.45, 7) is 2.42. The minimum atomic E-state index is -0.526. The van der Waals surface area contributed by atoms with Crippen molar-refractivity contribution in [3.8, 4) is 22.6 Å². The summed E-state index contributed by atoms with van der Waals surface area (Å²) in [5.41, 5.74) is 10.3. The molecule has 0 saturated carbocycles. The summed E-state index contributed by atoms with van der Waals surface area (Å²) in [6.07, 6.45) is 5.45. The first-order valence-electron chi connectivity index (χ1n) is 12.2. The lowest BCUT2D eigenvalue weighted by molar-refractivity contribution is 0.0746. The van der Waals surface area contributed by atoms with Gasteiger partial charge in [-0.25, -0.2) is 15.0 Å². The number of benzene rings is 2. The van der Waals surface area contributed by atoms with Crippen LogP contribution in [0.5, 0.6) is 0 Å². The van der Waals surface area contributed by atoms with Crippen LogP contribution in [0, 0.1) is 0 Å². The second-order valence-corrected chi connectivity index (χ2v) is 9.15. The zero-order valence-corrected chi connectivity index (χ0v) is 20.7. The number of nitrogens with zero attached hydrogens (tertiary/aromatic N) is 7. The van der Waals surface area contributed by atoms with Crippen molar-refractivity contribution in [2.75, 3.05) is 31.1 Å². The molecule has 1 aliphatic heterocycles. The van der Waals surface area contributed by atoms with Crippen LogP contribution in [0.25, 0.3) is 33.7 Å². The van der Waals surface area contributed by atoms with Crippen LogP contribution < -0.4 is 10.6 Å². The molecule has 0 aliphatic carbocycles. The van der Waals surface area contributed by atoms with Crippen molar-refractivity contribution in [2.45, 2.75) is 0 Å². The molecule has 0 bridgehead atoms. The molecular weight excluding hydrogens is 482 g/mol. The van der Waals surface area contributed by atoms with Gasteiger partial charge in [-0.1, -0.05) is 18.2 Å². The first-order chi connectivity index (χ1) is 18.5. The first kappa shape index (κ1) is 23.3. The maximum Gasteiger partial charge on any atom is 0.253 e. The summed E-state index contributed by atoms with van der Waals surface area (Å²) in [5, 5.41) is 4.21. The molecule has 11 nitrogen and oxygen atoms in total. The van der Waals surface area contributed by atoms with E-state index in [0.29, 0.717) is 54.6 Å². The molecule has 3 N–H and O–H groups in total. The predicted octanol–water partition coefficient (Wildman–Crippen LogP) is 2.48. The molecule has 0 spiro atoms. The number of carbonyl (C=O) groups is 2. The zero-order chi connectivity index (χ0) is 26.2. The van der Waals surface area contributed by atoms with Gasteiger partial charge in [0.25, 0.3) is 11.8 Å². The summed E-state index contributed by atoms with van der Waals surface area (Å²) >= 11 is 0. The quantitative estimate of drug-likeness (QED) is 0.373. The number of nitrogens with two attached hydrogens (primary N) is 1. The number of hydrogen-bond donors (Lipinski definition) is 2. The Bertz CT molecular complexity index is 1650. The minimum Gasteiger partial charge on any atom is -0.366 e. The number of primary amides is 1. The van der Waals surface area contributed by atoms with Crippen LogP contribution in [0.15, 0.2) is 67.1 Å². The molecule has 1 aliphatic rings. The Hall–Kier alpha value is -5.06. The second kappa shape index (κ2) is 9.43. The first-order valence-corrected chi connectivity index (χ1v) is 12.2. The number of anilines is 1. The summed E-state index contributed by atoms with van der Waals surface area (Å²) in [7, 11) is 1.87. The average Bonchev–Trinajstić information content (AvgIpc) is 3.59. The summed E-state index contributed by atoms with van der Waals surface area (Å²) in [6, 6.07) is 14.4. The number of aryl methyl sites for hydroxylation is 1. The lowest BCUT2D eigenvalue weighted by atomic mass is 10.1. The number of nitrogens with one attached hydrogen (secondary N) is 1. The van der Waals surface area contributed by atoms with Crippen molar-refractivity contribution in [2.24, 2.45) is 12.8 Å². The van der Waals surface area contributed by atoms with Gasteiger partial charge in [0.1, 0.15) is 11.3 Å². The SMILES string of the molecule is Cn1cc(-c2ccnc(N3CCN(C(=O)c4ccc(-c5nc6c(C(N)=O)cccc6[nH]5)cc4)CC3)n2)cn1. The van der Waals surface area contributed by atoms with E-state index in [1.54, 1.807) is 41.3 Å². The van der Waals surface area contributed by atoms with E-state index in [4.69, 9.17) is 10.7 Å². The summed E-state index contributed by atoms with van der Waals surface area (Å²) in [4.78, 5) is 45.8. The van der Waals surface area contributed by atoms with Crippen LogP contribution in [-0.2, 0) is 7.05 Å². The highest BCUT2D eigenvalue weighted by atomic mass is 16.2. The van der Waals surface area contributed by atoms with Gasteiger partial charge in [-0.15, -0.1) is 0 Å². The largest absolute Gasteiger partial charge is 0.366 e. The van der Waals surface area contributed by atoms with Crippen LogP contribution in [0.2, 0.25) is 0 Å². The van der Waals surface area contributed by atoms with Crippen LogP contribution in [0.3, 0.4) is 0 Å². The highest BCUT2D eigenvalue weighted by Gasteiger charge is 2.24. The Morgan fingerprint density at radius 1 is 0.947 bits per heavy atom. The average molecular weight is 508 g/mol. The molecule has 3 aromatic heterocycles. The van der Waals surface area contributed by atoms with E-state index in [-0.39, 0.29) is 5.91 Å². The smallest absolute Gasteiger partial charge is 0.253 e. The molecule has 6 rings (SSSR count). The standard InChI is InChI=1S/C27H25N9O2/c1-34-16-19(15-30-34)21-9-10-29-27(32-21)36-13-11-35(12-14-36)26(38)18-7-5-17(6-8-18)25-31-22-4-2-3-20(24(28)37)23(22)33-25/h2-10,15-16H,11-14H2,1H3,(H2,28,37)(H,31,33). The molecular formula is C27H25N9O2. The number of para-hydroxylation sites is 1. The number of fused-ring (bicyclic) bond motifs is 1. The summed E-state index contributed by atoms with van der Waals surface area (Å²) < 4.78 is 1.74. The second-order valence-electron chi connectivity index (χ2n) is 9.15. The Kier molecular flexibility index (Phi) is 5.79. The van der Waals surface area contributed by atoms with Crippen molar-refractivity contribution < 1.29 is 9.59 Å². The molecule has 4 heterocycles. The normalized spacial score (nSPS) is 13.7. The van der Waals surface area contributed by atoms with Crippen molar-refractivity contribution in [1.82, 2.24) is 34.6 Å². The van der Waals surface area contributed by atoms with Gasteiger partial charge in [-0.05, 0) is 30.3 Å². The van der Waals surface area contributed by atoms with Gasteiger partial charge in [-0.3, -0.25) is 14.3 Å². The molecule has 5 aromatic rings. The van der Waals surface area contributed by atoms with E-state index in [9.17, 15) is 9.59 Å². The third-order valence-corrected chi connectivity index (χ3v) is 6.68. The Labute approximate surface area is 217 Å². The maximum atomic E-state index is 13.2. The van der Waals surface area contributed by atoms with Crippen LogP contribution in [0.4, 0.5) is 5.95 Å². The Morgan fingerprint density at radius 2 is 1.74 bits per heavy atom. The van der Waals surface area contributed by atoms with Crippen molar-refractivity contribution in [1.29, 1.82) is 0 Å². The van der Waals surface area contributed by atoms with Crippen molar-refractivity contribution in [3.05, 3.63) is 78.2 Å². The Morgan fingerprint density at radius 3 is 2.45 bits per heavy atom. The van der Waals surface area contributed by atoms with Gasteiger partial charge in [0, 0.05) is 62.3 Å². The Balaban J connectivity index is 1.13. The number of hydrogen-bond acceptors (Lipinski definition) is 7. The third kappa shape index (κ3) is 4.34. The third-order valence-electron chi connectivity index (χ3n) is 6.68. The molecule has 0 unspecified atom stereocenters. The molecule has 0 atom stereocenters. The van der Waals surface area contributed by atoms with Crippen LogP contribution in [-0.4, -0.2) is 72.6 Å². The topological polar surface area (TPSA) is 139 Å². The molecule has 190 valence electrons. The number of carbonyl (C=O) groups excluding carboxylic acids is 2. The van der Waals surface area contributed by atoms with E-state index < -0.39 is 5.91 Å². The summed E-state index contributed by atoms with van der Waals surface area (Å²) in [5.74, 6) is 0.701. The number of rotatable bonds is 5. The zero-order valence-electron chi connectivity index (χ0n) is 20.7. The van der Waals surface area contributed by atoms with Gasteiger partial charge in [0.15, 0.2) is 0 Å². The number of H-pyrrole nitrogens is 1. The van der Waals surface area contributed by atoms with E-state index >= 15 is 0 Å². The van der Waals surface area contributed by atoms with Gasteiger partial charge >= 0.3 is 0 Å². The van der Waals surface area contributed by atoms with Crippen LogP contribution >= 0.6 is 0 Å². The highest BCUT2D eigenvalue weighted by molar-refractivity contribution is 6.04. The van der Waals surface area contributed by atoms with Crippen molar-refractivity contribution in [3.63, 3.8) is 0 Å². The van der Waals surface area contributed by atoms with E-state index in [2.05, 4.69) is 25.0 Å². The lowest BCUT2D eigenvalue weighted by Crippen LogP contribution is -2.49. The molecule has 11 heteroatoms. The van der Waals surface area contributed by atoms with Gasteiger partial charge in [-0.2, -0.15) is 5.10 Å². The molecule has 1 saturated heterocycles. The van der Waals surface area contributed by atoms with Gasteiger partial charge in [0.2, 0.25) is 5.95 Å². The molecule has 0 radical (unpaired) electrons. The van der Waals surface area contributed by atoms with Gasteiger partial charge in [0.05, 0.1) is 23.0 Å². The number of aromatic amines is 1. The molecule has 1 fully saturated rings. The lowest BCUT2D eigenvalue weighted by Gasteiger charge is -2.34. The molecule has 2 aromatic carbocycles. The van der Waals surface area contributed by atoms with E-state index in [1.807, 2.05) is 42.4 Å². The number of piperazine rings is 1.